The van der Waals surface area contributed by atoms with Crippen LogP contribution in [0.1, 0.15) is 62.5 Å². The number of halogens is 1. The molecule has 2 aliphatic carbocycles. The van der Waals surface area contributed by atoms with Crippen LogP contribution in [0.2, 0.25) is 0 Å². The van der Waals surface area contributed by atoms with Crippen LogP contribution in [0.4, 0.5) is 4.39 Å². The maximum atomic E-state index is 13.7. The standard InChI is InChI=1S/C28H31FO4/c1-18(30)17-33-26-10-6-9-23(28(26)32-2)24-15-21(19-11-13-22(29)14-12-19)16-25(24)27(31)20-7-4-3-5-8-20/h6,9-14,16,20,24-25H,3-5,7-8,15,17H2,1-2H3. The number of methoxy groups -OCH3 is 1. The normalized spacial score (nSPS) is 20.9. The van der Waals surface area contributed by atoms with E-state index in [9.17, 15) is 14.0 Å². The van der Waals surface area contributed by atoms with Crippen LogP contribution in [-0.4, -0.2) is 25.3 Å². The number of carbonyl (C=O) groups excluding carboxylic acids is 2. The Morgan fingerprint density at radius 1 is 1.03 bits per heavy atom. The van der Waals surface area contributed by atoms with Gasteiger partial charge in [-0.25, -0.2) is 4.39 Å². The van der Waals surface area contributed by atoms with Gasteiger partial charge in [0.05, 0.1) is 7.11 Å². The highest BCUT2D eigenvalue weighted by atomic mass is 19.1. The number of carbonyl (C=O) groups is 2. The number of benzene rings is 2. The number of hydrogen-bond acceptors (Lipinski definition) is 4. The highest BCUT2D eigenvalue weighted by Crippen LogP contribution is 2.49. The lowest BCUT2D eigenvalue weighted by Crippen LogP contribution is -2.27. The van der Waals surface area contributed by atoms with E-state index in [2.05, 4.69) is 6.08 Å². The van der Waals surface area contributed by atoms with Crippen LogP contribution >= 0.6 is 0 Å². The van der Waals surface area contributed by atoms with E-state index in [0.717, 1.165) is 42.4 Å². The van der Waals surface area contributed by atoms with Crippen LogP contribution in [0, 0.1) is 17.7 Å². The number of rotatable bonds is 8. The lowest BCUT2D eigenvalue weighted by atomic mass is 9.76. The molecule has 0 N–H and O–H groups in total. The highest BCUT2D eigenvalue weighted by molar-refractivity contribution is 5.90. The Hall–Kier alpha value is -2.95. The fourth-order valence-corrected chi connectivity index (χ4v) is 5.22. The van der Waals surface area contributed by atoms with Crippen LogP contribution in [0.25, 0.3) is 5.57 Å². The molecule has 0 saturated heterocycles. The van der Waals surface area contributed by atoms with Gasteiger partial charge in [0.2, 0.25) is 0 Å². The van der Waals surface area contributed by atoms with Crippen molar-refractivity contribution in [3.8, 4) is 11.5 Å². The molecule has 2 atom stereocenters. The molecule has 174 valence electrons. The zero-order chi connectivity index (χ0) is 23.4. The Labute approximate surface area is 194 Å². The van der Waals surface area contributed by atoms with E-state index in [1.165, 1.54) is 25.5 Å². The molecule has 0 aliphatic heterocycles. The zero-order valence-electron chi connectivity index (χ0n) is 19.3. The first-order chi connectivity index (χ1) is 16.0. The van der Waals surface area contributed by atoms with Crippen LogP contribution in [0.15, 0.2) is 48.5 Å². The lowest BCUT2D eigenvalue weighted by molar-refractivity contribution is -0.126. The molecule has 5 heteroatoms. The molecule has 33 heavy (non-hydrogen) atoms. The van der Waals surface area contributed by atoms with Crippen molar-refractivity contribution in [1.29, 1.82) is 0 Å². The van der Waals surface area contributed by atoms with Gasteiger partial charge >= 0.3 is 0 Å². The van der Waals surface area contributed by atoms with Gasteiger partial charge < -0.3 is 9.47 Å². The zero-order valence-corrected chi connectivity index (χ0v) is 19.3. The van der Waals surface area contributed by atoms with Gasteiger partial charge in [-0.15, -0.1) is 0 Å². The summed E-state index contributed by atoms with van der Waals surface area (Å²) >= 11 is 0. The summed E-state index contributed by atoms with van der Waals surface area (Å²) in [6, 6.07) is 12.1. The number of ketones is 2. The largest absolute Gasteiger partial charge is 0.493 e. The van der Waals surface area contributed by atoms with Crippen molar-refractivity contribution < 1.29 is 23.5 Å². The summed E-state index contributed by atoms with van der Waals surface area (Å²) in [5.74, 6) is 0.713. The highest BCUT2D eigenvalue weighted by Gasteiger charge is 2.39. The van der Waals surface area contributed by atoms with Crippen molar-refractivity contribution in [3.05, 3.63) is 65.5 Å². The van der Waals surface area contributed by atoms with E-state index in [1.807, 2.05) is 12.1 Å². The molecule has 2 unspecified atom stereocenters. The van der Waals surface area contributed by atoms with Gasteiger partial charge in [0.25, 0.3) is 0 Å². The molecule has 2 aromatic carbocycles. The van der Waals surface area contributed by atoms with Crippen LogP contribution in [0.5, 0.6) is 11.5 Å². The summed E-state index contributed by atoms with van der Waals surface area (Å²) in [5, 5.41) is 0. The number of Topliss-reactive ketones (excluding diaryl/α,β-unsaturated/α-hetero) is 2. The maximum absolute atomic E-state index is 13.7. The fourth-order valence-electron chi connectivity index (χ4n) is 5.22. The van der Waals surface area contributed by atoms with E-state index in [4.69, 9.17) is 9.47 Å². The lowest BCUT2D eigenvalue weighted by Gasteiger charge is -2.27. The van der Waals surface area contributed by atoms with E-state index < -0.39 is 0 Å². The maximum Gasteiger partial charge on any atom is 0.167 e. The minimum Gasteiger partial charge on any atom is -0.493 e. The topological polar surface area (TPSA) is 52.6 Å². The average Bonchev–Trinajstić information content (AvgIpc) is 3.28. The number of para-hydroxylation sites is 1. The van der Waals surface area contributed by atoms with Crippen molar-refractivity contribution >= 4 is 17.1 Å². The molecule has 2 aliphatic rings. The van der Waals surface area contributed by atoms with E-state index >= 15 is 0 Å². The van der Waals surface area contributed by atoms with Crippen molar-refractivity contribution in [3.63, 3.8) is 0 Å². The third-order valence-corrected chi connectivity index (χ3v) is 6.85. The molecular weight excluding hydrogens is 419 g/mol. The van der Waals surface area contributed by atoms with E-state index in [-0.39, 0.29) is 41.7 Å². The van der Waals surface area contributed by atoms with Crippen LogP contribution < -0.4 is 9.47 Å². The molecule has 2 aromatic rings. The SMILES string of the molecule is COc1c(OCC(C)=O)cccc1C1CC(c2ccc(F)cc2)=CC1C(=O)C1CCCCC1. The second-order valence-electron chi connectivity index (χ2n) is 9.14. The summed E-state index contributed by atoms with van der Waals surface area (Å²) in [5.41, 5.74) is 2.88. The first kappa shape index (κ1) is 23.2. The van der Waals surface area contributed by atoms with Gasteiger partial charge in [-0.1, -0.05) is 49.6 Å². The molecule has 0 amide bonds. The monoisotopic (exact) mass is 450 g/mol. The Balaban J connectivity index is 1.70. The van der Waals surface area contributed by atoms with E-state index in [0.29, 0.717) is 17.9 Å². The van der Waals surface area contributed by atoms with Crippen molar-refractivity contribution in [1.82, 2.24) is 0 Å². The van der Waals surface area contributed by atoms with Gasteiger partial charge in [-0.05, 0) is 55.5 Å². The molecular formula is C28H31FO4. The Bertz CT molecular complexity index is 1030. The predicted molar refractivity (Wildman–Crippen MR) is 126 cm³/mol. The molecule has 0 bridgehead atoms. The number of hydrogen-bond donors (Lipinski definition) is 0. The minimum absolute atomic E-state index is 0.0337. The van der Waals surface area contributed by atoms with Gasteiger partial charge in [0, 0.05) is 23.3 Å². The summed E-state index contributed by atoms with van der Waals surface area (Å²) in [4.78, 5) is 25.1. The molecule has 1 saturated carbocycles. The first-order valence-corrected chi connectivity index (χ1v) is 11.8. The summed E-state index contributed by atoms with van der Waals surface area (Å²) in [7, 11) is 1.58. The quantitative estimate of drug-likeness (QED) is 0.485. The van der Waals surface area contributed by atoms with Gasteiger partial charge in [-0.2, -0.15) is 0 Å². The Morgan fingerprint density at radius 3 is 2.42 bits per heavy atom. The van der Waals surface area contributed by atoms with Crippen molar-refractivity contribution in [2.75, 3.05) is 13.7 Å². The smallest absolute Gasteiger partial charge is 0.167 e. The second kappa shape index (κ2) is 10.3. The summed E-state index contributed by atoms with van der Waals surface area (Å²) in [6.07, 6.45) is 8.01. The van der Waals surface area contributed by atoms with Crippen LogP contribution in [-0.2, 0) is 9.59 Å². The van der Waals surface area contributed by atoms with Gasteiger partial charge in [0.1, 0.15) is 18.2 Å². The van der Waals surface area contributed by atoms with Crippen molar-refractivity contribution in [2.45, 2.75) is 51.4 Å². The summed E-state index contributed by atoms with van der Waals surface area (Å²) < 4.78 is 24.9. The molecule has 1 fully saturated rings. The molecule has 0 heterocycles. The fraction of sp³-hybridized carbons (Fsp3) is 0.429. The Kier molecular flexibility index (Phi) is 7.26. The van der Waals surface area contributed by atoms with Crippen molar-refractivity contribution in [2.24, 2.45) is 11.8 Å². The predicted octanol–water partition coefficient (Wildman–Crippen LogP) is 6.14. The average molecular weight is 451 g/mol. The van der Waals surface area contributed by atoms with Gasteiger partial charge in [0.15, 0.2) is 17.3 Å². The molecule has 0 aromatic heterocycles. The molecule has 0 spiro atoms. The van der Waals surface area contributed by atoms with Crippen LogP contribution in [0.3, 0.4) is 0 Å². The second-order valence-corrected chi connectivity index (χ2v) is 9.14. The minimum atomic E-state index is -0.277. The summed E-state index contributed by atoms with van der Waals surface area (Å²) in [6.45, 7) is 1.44. The van der Waals surface area contributed by atoms with Gasteiger partial charge in [-0.3, -0.25) is 9.59 Å². The molecule has 4 nitrogen and oxygen atoms in total. The Morgan fingerprint density at radius 2 is 1.76 bits per heavy atom. The number of allylic oxidation sites excluding steroid dienone is 2. The first-order valence-electron chi connectivity index (χ1n) is 11.8. The third kappa shape index (κ3) is 5.18. The third-order valence-electron chi connectivity index (χ3n) is 6.85. The number of ether oxygens (including phenoxy) is 2. The van der Waals surface area contributed by atoms with E-state index in [1.54, 1.807) is 25.3 Å². The molecule has 0 radical (unpaired) electrons. The molecule has 4 rings (SSSR count).